The predicted molar refractivity (Wildman–Crippen MR) is 65.8 cm³/mol. The van der Waals surface area contributed by atoms with E-state index in [1.54, 1.807) is 0 Å². The van der Waals surface area contributed by atoms with Crippen LogP contribution in [0.25, 0.3) is 0 Å². The molecular formula is C10H17N5OS. The molecule has 6 nitrogen and oxygen atoms in total. The second-order valence-corrected chi connectivity index (χ2v) is 5.22. The maximum absolute atomic E-state index is 11.9. The second kappa shape index (κ2) is 5.50. The van der Waals surface area contributed by atoms with Crippen LogP contribution in [0.2, 0.25) is 0 Å². The first-order valence-corrected chi connectivity index (χ1v) is 6.65. The summed E-state index contributed by atoms with van der Waals surface area (Å²) in [7, 11) is 1.94. The highest BCUT2D eigenvalue weighted by Gasteiger charge is 2.32. The van der Waals surface area contributed by atoms with Crippen molar-refractivity contribution in [1.82, 2.24) is 20.1 Å². The van der Waals surface area contributed by atoms with Crippen molar-refractivity contribution in [1.29, 1.82) is 0 Å². The van der Waals surface area contributed by atoms with Crippen LogP contribution in [0.3, 0.4) is 0 Å². The van der Waals surface area contributed by atoms with Gasteiger partial charge in [0, 0.05) is 23.5 Å². The Morgan fingerprint density at radius 2 is 2.18 bits per heavy atom. The number of hydrogen-bond acceptors (Lipinski definition) is 6. The van der Waals surface area contributed by atoms with Gasteiger partial charge in [0.05, 0.1) is 0 Å². The zero-order valence-corrected chi connectivity index (χ0v) is 10.7. The van der Waals surface area contributed by atoms with E-state index in [0.29, 0.717) is 11.6 Å². The van der Waals surface area contributed by atoms with Crippen molar-refractivity contribution in [3.05, 3.63) is 0 Å². The molecule has 1 amide bonds. The first kappa shape index (κ1) is 12.4. The molecule has 1 aromatic rings. The first-order valence-electron chi connectivity index (χ1n) is 5.88. The quantitative estimate of drug-likeness (QED) is 0.844. The van der Waals surface area contributed by atoms with Crippen molar-refractivity contribution in [2.24, 2.45) is 0 Å². The number of carbonyl (C=O) groups excluding carboxylic acids is 1. The normalized spacial score (nSPS) is 18.9. The van der Waals surface area contributed by atoms with Crippen LogP contribution >= 0.6 is 11.5 Å². The molecule has 0 saturated heterocycles. The summed E-state index contributed by atoms with van der Waals surface area (Å²) < 4.78 is 3.61. The van der Waals surface area contributed by atoms with Crippen LogP contribution in [0.1, 0.15) is 38.5 Å². The van der Waals surface area contributed by atoms with Crippen LogP contribution < -0.4 is 10.6 Å². The van der Waals surface area contributed by atoms with Gasteiger partial charge in [0.15, 0.2) is 0 Å². The van der Waals surface area contributed by atoms with E-state index in [4.69, 9.17) is 0 Å². The third-order valence-corrected chi connectivity index (χ3v) is 3.90. The molecule has 0 unspecified atom stereocenters. The van der Waals surface area contributed by atoms with Crippen LogP contribution in [-0.2, 0) is 4.79 Å². The fraction of sp³-hybridized carbons (Fsp3) is 0.800. The fourth-order valence-corrected chi connectivity index (χ4v) is 2.78. The molecule has 1 heterocycles. The maximum atomic E-state index is 11.9. The second-order valence-electron chi connectivity index (χ2n) is 4.48. The van der Waals surface area contributed by atoms with Crippen LogP contribution in [0.5, 0.6) is 0 Å². The molecule has 1 aliphatic carbocycles. The van der Waals surface area contributed by atoms with E-state index in [1.165, 1.54) is 19.3 Å². The number of aromatic nitrogens is 3. The Hall–Kier alpha value is -1.08. The summed E-state index contributed by atoms with van der Waals surface area (Å²) in [4.78, 5) is 11.9. The monoisotopic (exact) mass is 255 g/mol. The molecule has 1 aromatic heterocycles. The lowest BCUT2D eigenvalue weighted by Crippen LogP contribution is -2.47. The Balaban J connectivity index is 1.91. The SMILES string of the molecule is CNC1(CC(=O)Nc2nnns2)CCCCC1. The number of nitrogens with zero attached hydrogens (tertiary/aromatic N) is 3. The van der Waals surface area contributed by atoms with Gasteiger partial charge in [-0.1, -0.05) is 28.8 Å². The molecule has 0 radical (unpaired) electrons. The minimum atomic E-state index is -0.0412. The highest BCUT2D eigenvalue weighted by atomic mass is 32.1. The Labute approximate surface area is 104 Å². The molecule has 1 aliphatic rings. The first-order chi connectivity index (χ1) is 8.24. The van der Waals surface area contributed by atoms with Crippen LogP contribution in [0.4, 0.5) is 5.13 Å². The van der Waals surface area contributed by atoms with Crippen molar-refractivity contribution in [2.75, 3.05) is 12.4 Å². The van der Waals surface area contributed by atoms with Gasteiger partial charge in [-0.05, 0) is 25.1 Å². The molecule has 0 aliphatic heterocycles. The largest absolute Gasteiger partial charge is 0.314 e. The fourth-order valence-electron chi connectivity index (χ4n) is 2.40. The third kappa shape index (κ3) is 3.19. The predicted octanol–water partition coefficient (Wildman–Crippen LogP) is 1.18. The van der Waals surface area contributed by atoms with Crippen molar-refractivity contribution in [2.45, 2.75) is 44.1 Å². The Kier molecular flexibility index (Phi) is 4.01. The maximum Gasteiger partial charge on any atom is 0.231 e. The zero-order chi connectivity index (χ0) is 12.1. The summed E-state index contributed by atoms with van der Waals surface area (Å²) in [6.07, 6.45) is 6.26. The molecule has 0 bridgehead atoms. The van der Waals surface area contributed by atoms with E-state index in [1.807, 2.05) is 7.05 Å². The smallest absolute Gasteiger partial charge is 0.231 e. The minimum Gasteiger partial charge on any atom is -0.314 e. The molecule has 0 aromatic carbocycles. The van der Waals surface area contributed by atoms with E-state index in [2.05, 4.69) is 25.4 Å². The Morgan fingerprint density at radius 1 is 1.41 bits per heavy atom. The molecule has 1 fully saturated rings. The third-order valence-electron chi connectivity index (χ3n) is 3.39. The van der Waals surface area contributed by atoms with Gasteiger partial charge in [-0.3, -0.25) is 10.1 Å². The molecule has 7 heteroatoms. The van der Waals surface area contributed by atoms with Crippen molar-refractivity contribution < 1.29 is 4.79 Å². The molecule has 17 heavy (non-hydrogen) atoms. The molecule has 94 valence electrons. The van der Waals surface area contributed by atoms with Gasteiger partial charge >= 0.3 is 0 Å². The lowest BCUT2D eigenvalue weighted by molar-refractivity contribution is -0.117. The highest BCUT2D eigenvalue weighted by Crippen LogP contribution is 2.30. The van der Waals surface area contributed by atoms with Crippen LogP contribution in [0.15, 0.2) is 0 Å². The molecule has 1 saturated carbocycles. The number of amides is 1. The average Bonchev–Trinajstić information content (AvgIpc) is 2.83. The van der Waals surface area contributed by atoms with Gasteiger partial charge in [0.2, 0.25) is 11.0 Å². The summed E-state index contributed by atoms with van der Waals surface area (Å²) >= 11 is 1.10. The van der Waals surface area contributed by atoms with Gasteiger partial charge in [0.1, 0.15) is 0 Å². The Morgan fingerprint density at radius 3 is 2.76 bits per heavy atom. The van der Waals surface area contributed by atoms with Gasteiger partial charge in [-0.25, -0.2) is 0 Å². The average molecular weight is 255 g/mol. The van der Waals surface area contributed by atoms with Crippen molar-refractivity contribution in [3.8, 4) is 0 Å². The summed E-state index contributed by atoms with van der Waals surface area (Å²) in [5.74, 6) is -0.0141. The molecule has 2 rings (SSSR count). The standard InChI is InChI=1S/C10H17N5OS/c1-11-10(5-3-2-4-6-10)7-8(16)12-9-13-14-15-17-9/h11H,2-7H2,1H3,(H,12,13,15,16). The van der Waals surface area contributed by atoms with Crippen LogP contribution in [0, 0.1) is 0 Å². The topological polar surface area (TPSA) is 79.8 Å². The van der Waals surface area contributed by atoms with Gasteiger partial charge in [0.25, 0.3) is 0 Å². The summed E-state index contributed by atoms with van der Waals surface area (Å²) in [5.41, 5.74) is -0.0412. The number of anilines is 1. The van der Waals surface area contributed by atoms with Crippen LogP contribution in [-0.4, -0.2) is 33.3 Å². The van der Waals surface area contributed by atoms with Crippen molar-refractivity contribution in [3.63, 3.8) is 0 Å². The Bertz CT molecular complexity index is 361. The number of rotatable bonds is 4. The van der Waals surface area contributed by atoms with E-state index in [9.17, 15) is 4.79 Å². The lowest BCUT2D eigenvalue weighted by Gasteiger charge is -2.36. The lowest BCUT2D eigenvalue weighted by atomic mass is 9.79. The number of hydrogen-bond donors (Lipinski definition) is 2. The molecular weight excluding hydrogens is 238 g/mol. The minimum absolute atomic E-state index is 0.0141. The molecule has 0 spiro atoms. The molecule has 2 N–H and O–H groups in total. The van der Waals surface area contributed by atoms with Crippen molar-refractivity contribution >= 4 is 22.6 Å². The van der Waals surface area contributed by atoms with E-state index in [-0.39, 0.29) is 11.4 Å². The molecule has 0 atom stereocenters. The highest BCUT2D eigenvalue weighted by molar-refractivity contribution is 7.09. The van der Waals surface area contributed by atoms with E-state index < -0.39 is 0 Å². The van der Waals surface area contributed by atoms with Gasteiger partial charge < -0.3 is 5.32 Å². The number of nitrogens with one attached hydrogen (secondary N) is 2. The van der Waals surface area contributed by atoms with Gasteiger partial charge in [-0.2, -0.15) is 0 Å². The summed E-state index contributed by atoms with van der Waals surface area (Å²) in [6.45, 7) is 0. The van der Waals surface area contributed by atoms with E-state index >= 15 is 0 Å². The summed E-state index contributed by atoms with van der Waals surface area (Å²) in [5, 5.41) is 13.7. The summed E-state index contributed by atoms with van der Waals surface area (Å²) in [6, 6.07) is 0. The van der Waals surface area contributed by atoms with Gasteiger partial charge in [-0.15, -0.1) is 0 Å². The number of carbonyl (C=O) groups is 1. The zero-order valence-electron chi connectivity index (χ0n) is 9.90. The van der Waals surface area contributed by atoms with E-state index in [0.717, 1.165) is 24.4 Å².